The van der Waals surface area contributed by atoms with E-state index in [0.29, 0.717) is 49.1 Å². The first-order chi connectivity index (χ1) is 19.1. The molecule has 1 aliphatic carbocycles. The molecule has 2 aliphatic rings. The van der Waals surface area contributed by atoms with E-state index >= 15 is 0 Å². The molecule has 40 heavy (non-hydrogen) atoms. The zero-order valence-electron chi connectivity index (χ0n) is 24.1. The van der Waals surface area contributed by atoms with Gasteiger partial charge in [0.2, 0.25) is 5.88 Å². The lowest BCUT2D eigenvalue weighted by molar-refractivity contribution is -0.117. The van der Waals surface area contributed by atoms with E-state index in [1.54, 1.807) is 10.7 Å². The second-order valence-corrected chi connectivity index (χ2v) is 17.6. The van der Waals surface area contributed by atoms with Crippen LogP contribution in [-0.2, 0) is 9.22 Å². The van der Waals surface area contributed by atoms with Crippen LogP contribution in [0.1, 0.15) is 52.9 Å². The van der Waals surface area contributed by atoms with Crippen LogP contribution in [0.15, 0.2) is 41.1 Å². The SMILES string of the molecule is CC(C)(C)[Si](C)(C)OC[C@H]1CCCN1c1nccc2oc(-c3cnc4ccc(OC[C@H]5CCC(=O)C5)nn34)cc12. The Hall–Kier alpha value is -3.24. The van der Waals surface area contributed by atoms with Crippen LogP contribution >= 0.6 is 0 Å². The molecule has 2 fully saturated rings. The molecule has 0 unspecified atom stereocenters. The number of rotatable bonds is 8. The molecule has 0 N–H and O–H groups in total. The Labute approximate surface area is 236 Å². The summed E-state index contributed by atoms with van der Waals surface area (Å²) >= 11 is 0. The van der Waals surface area contributed by atoms with Crippen LogP contribution in [-0.4, -0.2) is 59.5 Å². The zero-order chi connectivity index (χ0) is 28.1. The number of Topliss-reactive ketones (excluding diaryl/α,β-unsaturated/α-hetero) is 1. The quantitative estimate of drug-likeness (QED) is 0.232. The van der Waals surface area contributed by atoms with E-state index in [-0.39, 0.29) is 17.0 Å². The maximum atomic E-state index is 11.6. The molecule has 10 heteroatoms. The first kappa shape index (κ1) is 27.0. The molecule has 9 nitrogen and oxygen atoms in total. The summed E-state index contributed by atoms with van der Waals surface area (Å²) in [5, 5.41) is 5.84. The summed E-state index contributed by atoms with van der Waals surface area (Å²) in [6.07, 6.45) is 7.92. The number of fused-ring (bicyclic) bond motifs is 2. The van der Waals surface area contributed by atoms with Gasteiger partial charge in [-0.05, 0) is 55.6 Å². The van der Waals surface area contributed by atoms with Crippen molar-refractivity contribution in [2.45, 2.75) is 77.0 Å². The Morgan fingerprint density at radius 3 is 2.75 bits per heavy atom. The number of carbonyl (C=O) groups is 1. The average molecular weight is 562 g/mol. The first-order valence-corrected chi connectivity index (χ1v) is 17.3. The smallest absolute Gasteiger partial charge is 0.231 e. The number of furan rings is 1. The third-order valence-corrected chi connectivity index (χ3v) is 13.4. The average Bonchev–Trinajstić information content (AvgIpc) is 3.70. The molecule has 6 rings (SSSR count). The summed E-state index contributed by atoms with van der Waals surface area (Å²) in [4.78, 5) is 23.3. The first-order valence-electron chi connectivity index (χ1n) is 14.4. The number of carbonyl (C=O) groups excluding carboxylic acids is 1. The molecule has 0 spiro atoms. The van der Waals surface area contributed by atoms with Crippen molar-refractivity contribution < 1.29 is 18.4 Å². The van der Waals surface area contributed by atoms with Gasteiger partial charge in [-0.3, -0.25) is 4.79 Å². The molecule has 0 radical (unpaired) electrons. The predicted octanol–water partition coefficient (Wildman–Crippen LogP) is 6.28. The van der Waals surface area contributed by atoms with Crippen LogP contribution in [0, 0.1) is 5.92 Å². The van der Waals surface area contributed by atoms with Gasteiger partial charge >= 0.3 is 0 Å². The van der Waals surface area contributed by atoms with Gasteiger partial charge in [0.15, 0.2) is 19.7 Å². The molecule has 0 amide bonds. The second kappa shape index (κ2) is 10.3. The lowest BCUT2D eigenvalue weighted by atomic mass is 10.1. The summed E-state index contributed by atoms with van der Waals surface area (Å²) in [6, 6.07) is 7.96. The number of hydrogen-bond donors (Lipinski definition) is 0. The number of anilines is 1. The van der Waals surface area contributed by atoms with Crippen molar-refractivity contribution in [1.82, 2.24) is 19.6 Å². The minimum Gasteiger partial charge on any atom is -0.476 e. The third-order valence-electron chi connectivity index (χ3n) is 8.92. The number of pyridine rings is 1. The number of ketones is 1. The molecular weight excluding hydrogens is 522 g/mol. The normalized spacial score (nSPS) is 20.3. The van der Waals surface area contributed by atoms with Gasteiger partial charge in [-0.25, -0.2) is 14.5 Å². The number of aromatic nitrogens is 4. The van der Waals surface area contributed by atoms with Crippen LogP contribution in [0.25, 0.3) is 28.1 Å². The van der Waals surface area contributed by atoms with Gasteiger partial charge in [-0.15, -0.1) is 5.10 Å². The van der Waals surface area contributed by atoms with E-state index in [2.05, 4.69) is 48.8 Å². The summed E-state index contributed by atoms with van der Waals surface area (Å²) < 4.78 is 20.7. The Morgan fingerprint density at radius 1 is 1.12 bits per heavy atom. The van der Waals surface area contributed by atoms with Crippen molar-refractivity contribution in [2.75, 3.05) is 24.7 Å². The molecule has 212 valence electrons. The van der Waals surface area contributed by atoms with Gasteiger partial charge < -0.3 is 18.5 Å². The minimum atomic E-state index is -1.84. The van der Waals surface area contributed by atoms with Gasteiger partial charge in [0, 0.05) is 37.6 Å². The van der Waals surface area contributed by atoms with E-state index in [4.69, 9.17) is 18.6 Å². The maximum absolute atomic E-state index is 11.6. The van der Waals surface area contributed by atoms with Crippen molar-refractivity contribution in [1.29, 1.82) is 0 Å². The lowest BCUT2D eigenvalue weighted by Crippen LogP contribution is -2.45. The molecule has 0 bridgehead atoms. The highest BCUT2D eigenvalue weighted by Gasteiger charge is 2.39. The number of imidazole rings is 1. The van der Waals surface area contributed by atoms with Crippen molar-refractivity contribution in [3.63, 3.8) is 0 Å². The van der Waals surface area contributed by atoms with Crippen molar-refractivity contribution >= 4 is 36.5 Å². The van der Waals surface area contributed by atoms with Crippen LogP contribution in [0.3, 0.4) is 0 Å². The highest BCUT2D eigenvalue weighted by atomic mass is 28.4. The minimum absolute atomic E-state index is 0.177. The molecule has 2 atom stereocenters. The lowest BCUT2D eigenvalue weighted by Gasteiger charge is -2.38. The Kier molecular flexibility index (Phi) is 6.94. The van der Waals surface area contributed by atoms with Crippen molar-refractivity contribution in [3.8, 4) is 17.3 Å². The van der Waals surface area contributed by atoms with E-state index in [1.165, 1.54) is 0 Å². The molecule has 1 saturated carbocycles. The van der Waals surface area contributed by atoms with Gasteiger partial charge in [0.25, 0.3) is 0 Å². The van der Waals surface area contributed by atoms with E-state index in [0.717, 1.165) is 48.3 Å². The van der Waals surface area contributed by atoms with Gasteiger partial charge in [0.1, 0.15) is 22.9 Å². The molecule has 1 saturated heterocycles. The summed E-state index contributed by atoms with van der Waals surface area (Å²) in [5.41, 5.74) is 2.24. The zero-order valence-corrected chi connectivity index (χ0v) is 25.1. The Balaban J connectivity index is 1.25. The third kappa shape index (κ3) is 5.14. The van der Waals surface area contributed by atoms with Crippen LogP contribution in [0.2, 0.25) is 18.1 Å². The highest BCUT2D eigenvalue weighted by molar-refractivity contribution is 6.74. The van der Waals surface area contributed by atoms with Gasteiger partial charge in [-0.1, -0.05) is 20.8 Å². The second-order valence-electron chi connectivity index (χ2n) is 12.8. The summed E-state index contributed by atoms with van der Waals surface area (Å²) in [6.45, 7) is 13.6. The van der Waals surface area contributed by atoms with E-state index in [9.17, 15) is 4.79 Å². The van der Waals surface area contributed by atoms with E-state index in [1.807, 2.05) is 30.5 Å². The molecule has 4 aromatic heterocycles. The molecule has 4 aromatic rings. The predicted molar refractivity (Wildman–Crippen MR) is 157 cm³/mol. The van der Waals surface area contributed by atoms with Gasteiger partial charge in [-0.2, -0.15) is 0 Å². The standard InChI is InChI=1S/C30H39N5O4Si/c1-30(2,3)40(4,5)38-19-21-7-6-14-34(21)29-23-16-26(39-25(23)12-13-31-29)24-17-32-27-10-11-28(33-35(24)27)37-18-20-8-9-22(36)15-20/h10-13,16-17,20-21H,6-9,14-15,18-19H2,1-5H3/t20-,21+/m0/s1. The topological polar surface area (TPSA) is 95.0 Å². The molecule has 0 aromatic carbocycles. The monoisotopic (exact) mass is 561 g/mol. The molecular formula is C30H39N5O4Si. The van der Waals surface area contributed by atoms with Gasteiger partial charge in [0.05, 0.1) is 30.8 Å². The number of hydrogen-bond acceptors (Lipinski definition) is 8. The molecule has 5 heterocycles. The Morgan fingerprint density at radius 2 is 1.98 bits per heavy atom. The summed E-state index contributed by atoms with van der Waals surface area (Å²) in [7, 11) is -1.84. The number of ether oxygens (including phenoxy) is 1. The maximum Gasteiger partial charge on any atom is 0.231 e. The van der Waals surface area contributed by atoms with Crippen molar-refractivity contribution in [2.24, 2.45) is 5.92 Å². The largest absolute Gasteiger partial charge is 0.476 e. The highest BCUT2D eigenvalue weighted by Crippen LogP contribution is 2.39. The van der Waals surface area contributed by atoms with Crippen LogP contribution in [0.4, 0.5) is 5.82 Å². The summed E-state index contributed by atoms with van der Waals surface area (Å²) in [5.74, 6) is 2.69. The van der Waals surface area contributed by atoms with Crippen LogP contribution < -0.4 is 9.64 Å². The fourth-order valence-electron chi connectivity index (χ4n) is 5.45. The van der Waals surface area contributed by atoms with Crippen molar-refractivity contribution in [3.05, 3.63) is 36.7 Å². The molecule has 1 aliphatic heterocycles. The number of nitrogens with zero attached hydrogens (tertiary/aromatic N) is 5. The van der Waals surface area contributed by atoms with E-state index < -0.39 is 8.32 Å². The Bertz CT molecular complexity index is 1540. The fraction of sp³-hybridized carbons (Fsp3) is 0.533. The van der Waals surface area contributed by atoms with Crippen LogP contribution in [0.5, 0.6) is 5.88 Å². The fourth-order valence-corrected chi connectivity index (χ4v) is 6.49.